The van der Waals surface area contributed by atoms with Crippen LogP contribution in [0, 0.1) is 13.8 Å². The number of carboxylic acid groups (broad SMARTS) is 2. The Morgan fingerprint density at radius 2 is 1.20 bits per heavy atom. The van der Waals surface area contributed by atoms with Crippen molar-refractivity contribution >= 4 is 85.9 Å². The molecule has 8 bridgehead atoms. The fourth-order valence-corrected chi connectivity index (χ4v) is 6.31. The van der Waals surface area contributed by atoms with Crippen LogP contribution in [0.5, 0.6) is 0 Å². The summed E-state index contributed by atoms with van der Waals surface area (Å²) in [4.78, 5) is 39.8. The van der Waals surface area contributed by atoms with Crippen LogP contribution in [0.15, 0.2) is 24.3 Å². The standard InChI is InChI=1S/C34H38N4O6.Hg.Na.H/c1-15-21(7-9-31(41)42)27-14-28-22(8-10-32(43)44)16(2)24(36-28)12-29-34(20(6)40)18(4)26(38-29)13-30-33(19(5)39)17(3)25(37-30)11-23(15)35-27;;;/h11-14,19-20,35,38-40H,7-10H2,1-6H3,(H,41,42)(H,43,44);;;. The molecule has 5 heterocycles. The number of rotatable bonds is 8. The molecule has 2 atom stereocenters. The fraction of sp³-hybridized carbons (Fsp3) is 0.353. The van der Waals surface area contributed by atoms with Crippen LogP contribution in [0.2, 0.25) is 0 Å². The Hall–Kier alpha value is -2.60. The third-order valence-corrected chi connectivity index (χ3v) is 8.65. The number of aromatic nitrogens is 4. The van der Waals surface area contributed by atoms with E-state index in [1.54, 1.807) is 13.8 Å². The summed E-state index contributed by atoms with van der Waals surface area (Å²) in [7, 11) is 0. The molecule has 0 amide bonds. The number of aliphatic hydroxyl groups excluding tert-OH is 2. The Kier molecular flexibility index (Phi) is 12.4. The fourth-order valence-electron chi connectivity index (χ4n) is 6.31. The SMILES string of the molecule is CC1=C(CCC(=O)O)c2cc3[nH]c(cc4nc(cc5[nH]c(cc1n2)c(C(C)O)c5C)C(C(C)O)=C4C)c(C)c3CCC(=O)O.[Hg].[NaH]. The van der Waals surface area contributed by atoms with Gasteiger partial charge in [0.25, 0.3) is 0 Å². The number of H-pyrrole nitrogens is 2. The summed E-state index contributed by atoms with van der Waals surface area (Å²) < 4.78 is 0. The van der Waals surface area contributed by atoms with Crippen molar-refractivity contribution in [1.82, 2.24) is 19.9 Å². The monoisotopic (exact) mass is 824 g/mol. The van der Waals surface area contributed by atoms with Gasteiger partial charge in [-0.2, -0.15) is 0 Å². The first-order valence-corrected chi connectivity index (χ1v) is 14.7. The second kappa shape index (κ2) is 15.1. The van der Waals surface area contributed by atoms with Crippen molar-refractivity contribution in [1.29, 1.82) is 0 Å². The van der Waals surface area contributed by atoms with Gasteiger partial charge in [-0.15, -0.1) is 0 Å². The molecule has 2 aliphatic rings. The molecule has 0 radical (unpaired) electrons. The summed E-state index contributed by atoms with van der Waals surface area (Å²) in [5.74, 6) is -1.83. The van der Waals surface area contributed by atoms with E-state index in [0.717, 1.165) is 44.4 Å². The van der Waals surface area contributed by atoms with E-state index in [-0.39, 0.29) is 82.9 Å². The molecule has 5 rings (SSSR count). The second-order valence-corrected chi connectivity index (χ2v) is 11.7. The number of aryl methyl sites for hydroxylation is 3. The zero-order valence-electron chi connectivity index (χ0n) is 26.5. The summed E-state index contributed by atoms with van der Waals surface area (Å²) in [6, 6.07) is 7.51. The molecule has 12 heteroatoms. The van der Waals surface area contributed by atoms with Gasteiger partial charge in [-0.25, -0.2) is 9.97 Å². The van der Waals surface area contributed by atoms with E-state index >= 15 is 0 Å². The summed E-state index contributed by atoms with van der Waals surface area (Å²) in [5, 5.41) is 40.5. The first-order valence-electron chi connectivity index (χ1n) is 14.7. The summed E-state index contributed by atoms with van der Waals surface area (Å²) >= 11 is 0. The third kappa shape index (κ3) is 7.42. The molecule has 3 aromatic heterocycles. The zero-order valence-corrected chi connectivity index (χ0v) is 32.0. The van der Waals surface area contributed by atoms with Gasteiger partial charge in [0.05, 0.1) is 35.0 Å². The van der Waals surface area contributed by atoms with E-state index < -0.39 is 24.1 Å². The van der Waals surface area contributed by atoms with Crippen LogP contribution in [0.3, 0.4) is 0 Å². The van der Waals surface area contributed by atoms with Crippen LogP contribution in [0.4, 0.5) is 0 Å². The first-order chi connectivity index (χ1) is 20.8. The Balaban J connectivity index is 0.00000288. The molecule has 0 spiro atoms. The van der Waals surface area contributed by atoms with Gasteiger partial charge < -0.3 is 30.4 Å². The summed E-state index contributed by atoms with van der Waals surface area (Å²) in [6.07, 6.45) is -1.16. The molecule has 234 valence electrons. The van der Waals surface area contributed by atoms with Gasteiger partial charge >= 0.3 is 41.5 Å². The first kappa shape index (κ1) is 37.8. The molecule has 6 N–H and O–H groups in total. The number of allylic oxidation sites excluding steroid dienone is 3. The van der Waals surface area contributed by atoms with Crippen molar-refractivity contribution in [3.63, 3.8) is 0 Å². The second-order valence-electron chi connectivity index (χ2n) is 11.7. The van der Waals surface area contributed by atoms with Gasteiger partial charge in [0.15, 0.2) is 0 Å². The quantitative estimate of drug-likeness (QED) is 0.163. The van der Waals surface area contributed by atoms with Gasteiger partial charge in [0.2, 0.25) is 0 Å². The van der Waals surface area contributed by atoms with Crippen molar-refractivity contribution in [3.05, 3.63) is 69.3 Å². The number of aliphatic carboxylic acids is 2. The van der Waals surface area contributed by atoms with Gasteiger partial charge in [-0.3, -0.25) is 9.59 Å². The number of nitrogens with zero attached hydrogens (tertiary/aromatic N) is 2. The number of hydrogen-bond acceptors (Lipinski definition) is 6. The number of hydrogen-bond donors (Lipinski definition) is 6. The molecule has 46 heavy (non-hydrogen) atoms. The van der Waals surface area contributed by atoms with Crippen molar-refractivity contribution in [3.8, 4) is 0 Å². The Morgan fingerprint density at radius 1 is 0.696 bits per heavy atom. The van der Waals surface area contributed by atoms with E-state index in [0.29, 0.717) is 44.9 Å². The predicted octanol–water partition coefficient (Wildman–Crippen LogP) is 5.46. The summed E-state index contributed by atoms with van der Waals surface area (Å²) in [6.45, 7) is 11.1. The predicted molar refractivity (Wildman–Crippen MR) is 178 cm³/mol. The number of fused-ring (bicyclic) bond motifs is 8. The summed E-state index contributed by atoms with van der Waals surface area (Å²) in [5.41, 5.74) is 11.7. The van der Waals surface area contributed by atoms with Crippen LogP contribution in [0.25, 0.3) is 44.4 Å². The number of carboxylic acids is 2. The van der Waals surface area contributed by atoms with Gasteiger partial charge in [0, 0.05) is 73.7 Å². The van der Waals surface area contributed by atoms with Crippen LogP contribution in [-0.4, -0.2) is 88.0 Å². The molecule has 10 nitrogen and oxygen atoms in total. The maximum absolute atomic E-state index is 11.6. The van der Waals surface area contributed by atoms with E-state index in [9.17, 15) is 30.0 Å². The minimum atomic E-state index is -0.917. The van der Waals surface area contributed by atoms with Gasteiger partial charge in [-0.1, -0.05) is 0 Å². The van der Waals surface area contributed by atoms with E-state index in [1.807, 2.05) is 52.0 Å². The van der Waals surface area contributed by atoms with Gasteiger partial charge in [0.1, 0.15) is 0 Å². The molecular formula is C34H39HgN4NaO6. The van der Waals surface area contributed by atoms with Gasteiger partial charge in [-0.05, 0) is 112 Å². The van der Waals surface area contributed by atoms with Crippen LogP contribution in [-0.2, 0) is 43.7 Å². The van der Waals surface area contributed by atoms with Crippen LogP contribution < -0.4 is 0 Å². The molecule has 0 aliphatic carbocycles. The maximum atomic E-state index is 11.6. The molecular weight excluding hydrogens is 784 g/mol. The third-order valence-electron chi connectivity index (χ3n) is 8.65. The van der Waals surface area contributed by atoms with E-state index in [2.05, 4.69) is 9.97 Å². The average molecular weight is 823 g/mol. The van der Waals surface area contributed by atoms with Crippen molar-refractivity contribution in [2.75, 3.05) is 0 Å². The van der Waals surface area contributed by atoms with E-state index in [4.69, 9.17) is 9.97 Å². The van der Waals surface area contributed by atoms with Crippen molar-refractivity contribution in [2.45, 2.75) is 79.4 Å². The Labute approximate surface area is 309 Å². The number of carbonyl (C=O) groups is 2. The molecule has 3 aromatic rings. The molecule has 0 saturated heterocycles. The number of aliphatic hydroxyl groups is 2. The number of nitrogens with one attached hydrogen (secondary N) is 2. The zero-order chi connectivity index (χ0) is 32.0. The number of aromatic amines is 2. The van der Waals surface area contributed by atoms with Crippen molar-refractivity contribution < 1.29 is 57.7 Å². The molecule has 0 aromatic carbocycles. The Morgan fingerprint density at radius 3 is 1.80 bits per heavy atom. The van der Waals surface area contributed by atoms with Crippen LogP contribution in [0.1, 0.15) is 98.1 Å². The molecule has 0 saturated carbocycles. The normalized spacial score (nSPS) is 14.1. The molecule has 0 fully saturated rings. The molecule has 2 unspecified atom stereocenters. The van der Waals surface area contributed by atoms with E-state index in [1.165, 1.54) is 0 Å². The van der Waals surface area contributed by atoms with Crippen LogP contribution >= 0.6 is 0 Å². The average Bonchev–Trinajstić information content (AvgIpc) is 3.59. The molecule has 2 aliphatic heterocycles. The Bertz CT molecular complexity index is 1940. The topological polar surface area (TPSA) is 172 Å². The van der Waals surface area contributed by atoms with Crippen molar-refractivity contribution in [2.24, 2.45) is 0 Å². The minimum absolute atomic E-state index is 0.